The first-order valence-corrected chi connectivity index (χ1v) is 38.6. The minimum Gasteiger partial charge on any atom is -0.481 e. The fourth-order valence-corrected chi connectivity index (χ4v) is 12.5. The highest BCUT2D eigenvalue weighted by molar-refractivity contribution is 9.09. The van der Waals surface area contributed by atoms with Crippen molar-refractivity contribution in [2.75, 3.05) is 56.1 Å². The number of alkyl halides is 1. The second-order valence-electron chi connectivity index (χ2n) is 27.0. The second kappa shape index (κ2) is 48.9. The molecule has 26 N–H and O–H groups in total. The summed E-state index contributed by atoms with van der Waals surface area (Å²) in [6, 6.07) is -13.5. The zero-order valence-corrected chi connectivity index (χ0v) is 66.1. The SMILES string of the molecule is CC[C@H](C)[C@@H]1NC(=O)[C@H](CNC(=O)CBr)NC(=O)[C@H](CC(=O)O)NC(=O)[C@H](CC(=O)O)NC(=O)CNC(=O)[C@@H]2CCCN2C(=O)[C@H](C)NC(=O)[C@H](CCCN=C(N)N)NC(=O)[C@H]([C@@H](C)O)NC(=O)[C@H](CCC(N)=O)NC(=O)[C@H]([C@@H](C)O)NC(=O)CCSCCN(CC(N)=O)C(=O)[C@H](Cc2ccccc2)NC(=O)[C@H]([C@@H](C)O)NC1=O. The average Bonchev–Trinajstić information content (AvgIpc) is 1.59. The Hall–Kier alpha value is -10.9. The highest BCUT2D eigenvalue weighted by Crippen LogP contribution is 2.20. The number of primary amides is 2. The summed E-state index contributed by atoms with van der Waals surface area (Å²) >= 11 is 3.99. The van der Waals surface area contributed by atoms with E-state index in [1.54, 1.807) is 37.3 Å². The summed E-state index contributed by atoms with van der Waals surface area (Å²) in [5.74, 6) is -23.7. The van der Waals surface area contributed by atoms with E-state index in [0.29, 0.717) is 5.56 Å². The van der Waals surface area contributed by atoms with Crippen LogP contribution >= 0.6 is 27.7 Å². The Kier molecular flexibility index (Phi) is 41.8. The lowest BCUT2D eigenvalue weighted by molar-refractivity contribution is -0.143. The molecular weight excluding hydrogens is 1590 g/mol. The van der Waals surface area contributed by atoms with E-state index in [4.69, 9.17) is 22.9 Å². The number of aliphatic hydroxyl groups is 3. The number of carbonyl (C=O) groups is 19. The molecule has 16 atom stereocenters. The fraction of sp³-hybridized carbons (Fsp3) is 0.618. The molecule has 17 amide bonds. The Morgan fingerprint density at radius 3 is 1.60 bits per heavy atom. The summed E-state index contributed by atoms with van der Waals surface area (Å²) < 4.78 is 0. The number of benzene rings is 1. The Balaban J connectivity index is 2.19. The smallest absolute Gasteiger partial charge is 0.305 e. The number of thioether (sulfide) groups is 1. The van der Waals surface area contributed by atoms with E-state index in [1.807, 2.05) is 5.32 Å². The van der Waals surface area contributed by atoms with Gasteiger partial charge in [0.05, 0.1) is 49.6 Å². The minimum absolute atomic E-state index is 0.0232. The number of nitrogens with zero attached hydrogens (tertiary/aromatic N) is 3. The van der Waals surface area contributed by atoms with Crippen molar-refractivity contribution in [2.45, 2.75) is 203 Å². The maximum atomic E-state index is 14.7. The lowest BCUT2D eigenvalue weighted by Gasteiger charge is -2.31. The number of carbonyl (C=O) groups excluding carboxylic acids is 17. The number of nitrogens with two attached hydrogens (primary N) is 4. The van der Waals surface area contributed by atoms with E-state index in [1.165, 1.54) is 13.8 Å². The maximum Gasteiger partial charge on any atom is 0.305 e. The van der Waals surface area contributed by atoms with Crippen LogP contribution in [0.4, 0.5) is 0 Å². The van der Waals surface area contributed by atoms with Crippen molar-refractivity contribution in [3.05, 3.63) is 35.9 Å². The normalized spacial score (nSPS) is 25.5. The predicted molar refractivity (Wildman–Crippen MR) is 407 cm³/mol. The molecule has 0 unspecified atom stereocenters. The molecule has 2 heterocycles. The van der Waals surface area contributed by atoms with Crippen LogP contribution in [0, 0.1) is 5.92 Å². The van der Waals surface area contributed by atoms with Gasteiger partial charge < -0.3 is 127 Å². The van der Waals surface area contributed by atoms with Gasteiger partial charge in [-0.2, -0.15) is 11.8 Å². The van der Waals surface area contributed by atoms with E-state index in [9.17, 15) is 117 Å². The van der Waals surface area contributed by atoms with E-state index < -0.39 is 254 Å². The summed E-state index contributed by atoms with van der Waals surface area (Å²) in [5.41, 5.74) is 22.4. The summed E-state index contributed by atoms with van der Waals surface area (Å²) in [6.45, 7) is 4.51. The van der Waals surface area contributed by atoms with Crippen LogP contribution < -0.4 is 92.1 Å². The fourth-order valence-electron chi connectivity index (χ4n) is 11.4. The van der Waals surface area contributed by atoms with Gasteiger partial charge in [0.1, 0.15) is 72.5 Å². The van der Waals surface area contributed by atoms with Crippen LogP contribution in [0.5, 0.6) is 0 Å². The molecule has 0 saturated carbocycles. The molecule has 634 valence electrons. The number of hydrogen-bond acceptors (Lipinski definition) is 24. The van der Waals surface area contributed by atoms with Gasteiger partial charge in [0.25, 0.3) is 0 Å². The molecule has 46 heteroatoms. The summed E-state index contributed by atoms with van der Waals surface area (Å²) in [7, 11) is 0. The Labute approximate surface area is 667 Å². The molecule has 1 aromatic rings. The molecule has 0 aromatic heterocycles. The molecule has 2 aliphatic rings. The number of halogens is 1. The van der Waals surface area contributed by atoms with Crippen LogP contribution in [0.15, 0.2) is 35.3 Å². The number of fused-ring (bicyclic) bond motifs is 1. The number of carboxylic acids is 2. The van der Waals surface area contributed by atoms with Crippen molar-refractivity contribution in [1.29, 1.82) is 0 Å². The van der Waals surface area contributed by atoms with Gasteiger partial charge in [-0.15, -0.1) is 0 Å². The van der Waals surface area contributed by atoms with Gasteiger partial charge in [0.2, 0.25) is 100 Å². The van der Waals surface area contributed by atoms with E-state index in [0.717, 1.165) is 42.3 Å². The molecule has 0 spiro atoms. The topological polar surface area (TPSA) is 705 Å². The van der Waals surface area contributed by atoms with E-state index in [-0.39, 0.29) is 87.4 Å². The second-order valence-corrected chi connectivity index (χ2v) is 28.8. The molecule has 2 saturated heterocycles. The zero-order chi connectivity index (χ0) is 85.8. The number of guanidine groups is 1. The van der Waals surface area contributed by atoms with Crippen LogP contribution in [0.2, 0.25) is 0 Å². The van der Waals surface area contributed by atoms with Crippen LogP contribution in [-0.4, -0.2) is 301 Å². The highest BCUT2D eigenvalue weighted by atomic mass is 79.9. The third kappa shape index (κ3) is 33.8. The molecule has 3 rings (SSSR count). The van der Waals surface area contributed by atoms with Crippen LogP contribution in [0.3, 0.4) is 0 Å². The van der Waals surface area contributed by atoms with Crippen molar-refractivity contribution in [2.24, 2.45) is 33.8 Å². The summed E-state index contributed by atoms with van der Waals surface area (Å²) in [5, 5.41) is 82.3. The van der Waals surface area contributed by atoms with Gasteiger partial charge in [0.15, 0.2) is 5.96 Å². The third-order valence-electron chi connectivity index (χ3n) is 17.7. The van der Waals surface area contributed by atoms with Crippen molar-refractivity contribution in [3.63, 3.8) is 0 Å². The Morgan fingerprint density at radius 2 is 1.06 bits per heavy atom. The molecule has 1 aromatic carbocycles. The number of nitrogens with one attached hydrogen (secondary N) is 13. The number of hydrogen-bond donors (Lipinski definition) is 22. The zero-order valence-electron chi connectivity index (χ0n) is 63.7. The first-order valence-electron chi connectivity index (χ1n) is 36.3. The number of carboxylic acid groups (broad SMARTS) is 2. The Bertz CT molecular complexity index is 3630. The molecular formula is C68H105BrN20O24S. The van der Waals surface area contributed by atoms with Crippen LogP contribution in [-0.2, 0) is 97.5 Å². The lowest BCUT2D eigenvalue weighted by Crippen LogP contribution is -2.63. The standard InChI is InChI=1S/C68H105BrN20O24S/c1-7-32(2)52-62(108)87-55(36(6)92)65(111)82-42(25-37-13-9-8-10-14-37)67(113)88(31-46(71)94)22-24-114-23-19-47(95)84-53(34(4)90)63(109)80-39(17-18-45(70)93)57(103)86-54(35(5)91)64(110)79-38(15-11-20-74-68(72)73)56(102)77-33(3)66(112)89-21-12-16-44(89)61(107)76-30-49(97)78-40(26-50(98)99)58(104)81-41(27-51(100)101)59(105)83-43(60(106)85-52)29-75-48(96)28-69/h8-10,13-14,32-36,38-44,52-55,90-92H,7,11-12,15-31H2,1-6H3,(H2,70,93)(H2,71,94)(H,75,96)(H,76,107)(H,77,102)(H,78,97)(H,79,110)(H,80,109)(H,81,104)(H,82,111)(H,83,105)(H,84,95)(H,85,106)(H,86,103)(H,87,108)(H,98,99)(H,100,101)(H4,72,73,74)/t32-,33-,34+,35+,36+,38-,39-,40-,41-,42-,43-,44-,52-,53-,54-,55-/m0/s1. The highest BCUT2D eigenvalue weighted by Gasteiger charge is 2.42. The minimum atomic E-state index is -2.22. The number of aliphatic hydroxyl groups excluding tert-OH is 3. The van der Waals surface area contributed by atoms with Crippen molar-refractivity contribution < 1.29 is 117 Å². The molecule has 2 fully saturated rings. The van der Waals surface area contributed by atoms with Crippen LogP contribution in [0.25, 0.3) is 0 Å². The monoisotopic (exact) mass is 1700 g/mol. The van der Waals surface area contributed by atoms with Gasteiger partial charge in [0, 0.05) is 56.9 Å². The van der Waals surface area contributed by atoms with Crippen molar-refractivity contribution >= 4 is 146 Å². The maximum absolute atomic E-state index is 14.7. The van der Waals surface area contributed by atoms with Gasteiger partial charge in [-0.3, -0.25) is 96.1 Å². The number of aliphatic carboxylic acids is 2. The number of aliphatic imine (C=N–C) groups is 1. The molecule has 2 aliphatic heterocycles. The summed E-state index contributed by atoms with van der Waals surface area (Å²) in [4.78, 5) is 265. The lowest BCUT2D eigenvalue weighted by atomic mass is 9.97. The van der Waals surface area contributed by atoms with Gasteiger partial charge in [-0.1, -0.05) is 66.5 Å². The third-order valence-corrected chi connectivity index (χ3v) is 19.2. The van der Waals surface area contributed by atoms with Gasteiger partial charge in [-0.05, 0) is 71.3 Å². The Morgan fingerprint density at radius 1 is 0.570 bits per heavy atom. The molecule has 44 nitrogen and oxygen atoms in total. The number of amides is 17. The summed E-state index contributed by atoms with van der Waals surface area (Å²) in [6.07, 6.45) is -9.63. The van der Waals surface area contributed by atoms with Gasteiger partial charge in [-0.25, -0.2) is 0 Å². The molecule has 0 radical (unpaired) electrons. The van der Waals surface area contributed by atoms with E-state index >= 15 is 0 Å². The largest absolute Gasteiger partial charge is 0.481 e. The average molecular weight is 1700 g/mol. The van der Waals surface area contributed by atoms with Crippen molar-refractivity contribution in [3.8, 4) is 0 Å². The quantitative estimate of drug-likeness (QED) is 0.0209. The number of rotatable bonds is 23. The van der Waals surface area contributed by atoms with Crippen LogP contribution in [0.1, 0.15) is 111 Å². The molecule has 0 bridgehead atoms. The molecule has 0 aliphatic carbocycles. The van der Waals surface area contributed by atoms with Gasteiger partial charge >= 0.3 is 11.9 Å². The first kappa shape index (κ1) is 97.3. The first-order chi connectivity index (χ1) is 53.6. The van der Waals surface area contributed by atoms with Crippen molar-refractivity contribution in [1.82, 2.24) is 78.9 Å². The van der Waals surface area contributed by atoms with E-state index in [2.05, 4.69) is 84.7 Å². The predicted octanol–water partition coefficient (Wildman–Crippen LogP) is -9.89. The molecule has 114 heavy (non-hydrogen) atoms.